The number of aliphatic hydroxyl groups excluding tert-OH is 1. The molecule has 2 aromatic rings. The summed E-state index contributed by atoms with van der Waals surface area (Å²) in [7, 11) is 1.61. The first-order valence-electron chi connectivity index (χ1n) is 8.15. The van der Waals surface area contributed by atoms with E-state index in [1.807, 2.05) is 43.3 Å². The second kappa shape index (κ2) is 10.1. The van der Waals surface area contributed by atoms with Gasteiger partial charge in [-0.05, 0) is 36.8 Å². The van der Waals surface area contributed by atoms with Gasteiger partial charge in [-0.25, -0.2) is 0 Å². The van der Waals surface area contributed by atoms with Crippen molar-refractivity contribution >= 4 is 11.6 Å². The minimum Gasteiger partial charge on any atom is -0.493 e. The number of hydrogen-bond acceptors (Lipinski definition) is 5. The monoisotopic (exact) mass is 365 g/mol. The average Bonchev–Trinajstić information content (AvgIpc) is 2.64. The van der Waals surface area contributed by atoms with Crippen LogP contribution in [-0.4, -0.2) is 38.1 Å². The average molecular weight is 366 g/mol. The molecule has 0 saturated carbocycles. The summed E-state index contributed by atoms with van der Waals surface area (Å²) in [4.78, 5) is 0. The van der Waals surface area contributed by atoms with E-state index in [2.05, 4.69) is 5.32 Å². The maximum Gasteiger partial charge on any atom is 0.161 e. The fourth-order valence-corrected chi connectivity index (χ4v) is 2.35. The second-order valence-electron chi connectivity index (χ2n) is 5.58. The van der Waals surface area contributed by atoms with Gasteiger partial charge in [0.15, 0.2) is 11.5 Å². The first kappa shape index (κ1) is 19.4. The van der Waals surface area contributed by atoms with Crippen molar-refractivity contribution in [3.05, 3.63) is 53.1 Å². The molecule has 0 spiro atoms. The molecule has 5 nitrogen and oxygen atoms in total. The molecule has 2 aromatic carbocycles. The predicted molar refractivity (Wildman–Crippen MR) is 98.8 cm³/mol. The Kier molecular flexibility index (Phi) is 7.85. The van der Waals surface area contributed by atoms with Crippen molar-refractivity contribution in [2.45, 2.75) is 19.5 Å². The number of aliphatic hydroxyl groups is 1. The van der Waals surface area contributed by atoms with Gasteiger partial charge >= 0.3 is 0 Å². The molecule has 0 radical (unpaired) electrons. The van der Waals surface area contributed by atoms with Crippen LogP contribution in [-0.2, 0) is 6.54 Å². The van der Waals surface area contributed by atoms with Gasteiger partial charge in [0, 0.05) is 12.6 Å². The molecule has 0 unspecified atom stereocenters. The molecule has 0 aliphatic rings. The molecule has 0 heterocycles. The van der Waals surface area contributed by atoms with Gasteiger partial charge in [0.25, 0.3) is 0 Å². The predicted octanol–water partition coefficient (Wildman–Crippen LogP) is 3.28. The van der Waals surface area contributed by atoms with Crippen LogP contribution in [0.15, 0.2) is 42.5 Å². The Labute approximate surface area is 153 Å². The summed E-state index contributed by atoms with van der Waals surface area (Å²) in [6, 6.07) is 13.1. The van der Waals surface area contributed by atoms with E-state index in [1.54, 1.807) is 13.2 Å². The molecule has 0 saturated heterocycles. The molecule has 136 valence electrons. The van der Waals surface area contributed by atoms with E-state index < -0.39 is 0 Å². The Hall–Kier alpha value is -1.95. The normalized spacial score (nSPS) is 11.8. The molecule has 0 fully saturated rings. The highest BCUT2D eigenvalue weighted by Crippen LogP contribution is 2.28. The van der Waals surface area contributed by atoms with E-state index in [1.165, 1.54) is 0 Å². The smallest absolute Gasteiger partial charge is 0.161 e. The van der Waals surface area contributed by atoms with Gasteiger partial charge < -0.3 is 24.6 Å². The number of halogens is 1. The Bertz CT molecular complexity index is 666. The van der Waals surface area contributed by atoms with Crippen LogP contribution in [0.2, 0.25) is 5.02 Å². The molecular weight excluding hydrogens is 342 g/mol. The van der Waals surface area contributed by atoms with E-state index in [4.69, 9.17) is 30.9 Å². The highest BCUT2D eigenvalue weighted by atomic mass is 35.5. The largest absolute Gasteiger partial charge is 0.493 e. The summed E-state index contributed by atoms with van der Waals surface area (Å²) in [5.41, 5.74) is 1.05. The molecule has 6 heteroatoms. The van der Waals surface area contributed by atoms with Gasteiger partial charge in [-0.2, -0.15) is 0 Å². The first-order chi connectivity index (χ1) is 12.1. The van der Waals surface area contributed by atoms with Crippen molar-refractivity contribution in [3.63, 3.8) is 0 Å². The summed E-state index contributed by atoms with van der Waals surface area (Å²) < 4.78 is 16.7. The minimum atomic E-state index is 0.0453. The van der Waals surface area contributed by atoms with Crippen LogP contribution in [0.25, 0.3) is 0 Å². The lowest BCUT2D eigenvalue weighted by Crippen LogP contribution is -2.28. The van der Waals surface area contributed by atoms with Gasteiger partial charge in [-0.3, -0.25) is 0 Å². The Morgan fingerprint density at radius 2 is 1.76 bits per heavy atom. The van der Waals surface area contributed by atoms with Gasteiger partial charge in [0.05, 0.1) is 18.7 Å². The van der Waals surface area contributed by atoms with E-state index in [0.717, 1.165) is 5.56 Å². The van der Waals surface area contributed by atoms with Crippen LogP contribution >= 0.6 is 11.6 Å². The quantitative estimate of drug-likeness (QED) is 0.633. The summed E-state index contributed by atoms with van der Waals surface area (Å²) in [6.45, 7) is 3.43. The molecule has 1 atom stereocenters. The van der Waals surface area contributed by atoms with Crippen LogP contribution in [0.1, 0.15) is 12.5 Å². The molecule has 0 amide bonds. The van der Waals surface area contributed by atoms with Crippen molar-refractivity contribution in [2.24, 2.45) is 0 Å². The van der Waals surface area contributed by atoms with Crippen molar-refractivity contribution in [3.8, 4) is 17.2 Å². The molecule has 0 aromatic heterocycles. The maximum atomic E-state index is 9.05. The Morgan fingerprint density at radius 1 is 1.04 bits per heavy atom. The molecule has 0 aliphatic carbocycles. The van der Waals surface area contributed by atoms with Gasteiger partial charge in [0.2, 0.25) is 0 Å². The van der Waals surface area contributed by atoms with Crippen molar-refractivity contribution in [2.75, 3.05) is 26.9 Å². The van der Waals surface area contributed by atoms with Gasteiger partial charge in [-0.1, -0.05) is 29.8 Å². The van der Waals surface area contributed by atoms with E-state index in [-0.39, 0.29) is 12.6 Å². The Morgan fingerprint density at radius 3 is 2.44 bits per heavy atom. The summed E-state index contributed by atoms with van der Waals surface area (Å²) >= 11 is 6.04. The lowest BCUT2D eigenvalue weighted by molar-refractivity contribution is 0.211. The van der Waals surface area contributed by atoms with Crippen molar-refractivity contribution in [1.82, 2.24) is 5.32 Å². The lowest BCUT2D eigenvalue weighted by atomic mass is 10.2. The van der Waals surface area contributed by atoms with Crippen LogP contribution in [0.4, 0.5) is 0 Å². The maximum absolute atomic E-state index is 9.05. The second-order valence-corrected chi connectivity index (χ2v) is 5.98. The van der Waals surface area contributed by atoms with Crippen molar-refractivity contribution in [1.29, 1.82) is 0 Å². The number of benzene rings is 2. The van der Waals surface area contributed by atoms with Gasteiger partial charge in [0.1, 0.15) is 19.0 Å². The fraction of sp³-hybridized carbons (Fsp3) is 0.368. The number of methoxy groups -OCH3 is 1. The highest BCUT2D eigenvalue weighted by Gasteiger charge is 2.07. The molecule has 0 aliphatic heterocycles. The molecule has 25 heavy (non-hydrogen) atoms. The third kappa shape index (κ3) is 6.12. The SMILES string of the molecule is COc1cc(CN[C@H](C)CO)ccc1OCCOc1ccccc1Cl. The lowest BCUT2D eigenvalue weighted by Gasteiger charge is -2.14. The summed E-state index contributed by atoms with van der Waals surface area (Å²) in [5, 5.41) is 12.8. The first-order valence-corrected chi connectivity index (χ1v) is 8.53. The number of para-hydroxylation sites is 1. The van der Waals surface area contributed by atoms with Crippen LogP contribution in [0.3, 0.4) is 0 Å². The summed E-state index contributed by atoms with van der Waals surface area (Å²) in [6.07, 6.45) is 0. The number of rotatable bonds is 10. The number of ether oxygens (including phenoxy) is 3. The van der Waals surface area contributed by atoms with Gasteiger partial charge in [-0.15, -0.1) is 0 Å². The molecule has 0 bridgehead atoms. The van der Waals surface area contributed by atoms with Crippen LogP contribution < -0.4 is 19.5 Å². The molecule has 2 N–H and O–H groups in total. The van der Waals surface area contributed by atoms with E-state index >= 15 is 0 Å². The minimum absolute atomic E-state index is 0.0453. The van der Waals surface area contributed by atoms with Crippen LogP contribution in [0.5, 0.6) is 17.2 Å². The zero-order valence-corrected chi connectivity index (χ0v) is 15.3. The topological polar surface area (TPSA) is 60.0 Å². The Balaban J connectivity index is 1.85. The summed E-state index contributed by atoms with van der Waals surface area (Å²) in [5.74, 6) is 1.96. The van der Waals surface area contributed by atoms with E-state index in [9.17, 15) is 0 Å². The third-order valence-electron chi connectivity index (χ3n) is 3.59. The fourth-order valence-electron chi connectivity index (χ4n) is 2.16. The van der Waals surface area contributed by atoms with E-state index in [0.29, 0.717) is 42.0 Å². The zero-order valence-electron chi connectivity index (χ0n) is 14.5. The van der Waals surface area contributed by atoms with Crippen molar-refractivity contribution < 1.29 is 19.3 Å². The third-order valence-corrected chi connectivity index (χ3v) is 3.90. The standard InChI is InChI=1S/C19H24ClNO4/c1-14(13-22)21-12-15-7-8-18(19(11-15)23-2)25-10-9-24-17-6-4-3-5-16(17)20/h3-8,11,14,21-22H,9-10,12-13H2,1-2H3/t14-/m1/s1. The number of hydrogen-bond donors (Lipinski definition) is 2. The molecular formula is C19H24ClNO4. The molecule has 2 rings (SSSR count). The zero-order chi connectivity index (χ0) is 18.1. The number of nitrogens with one attached hydrogen (secondary N) is 1. The van der Waals surface area contributed by atoms with Crippen LogP contribution in [0, 0.1) is 0 Å². The highest BCUT2D eigenvalue weighted by molar-refractivity contribution is 6.32.